The van der Waals surface area contributed by atoms with Crippen LogP contribution in [0.1, 0.15) is 52.8 Å². The number of amides is 1. The van der Waals surface area contributed by atoms with Crippen LogP contribution in [0.15, 0.2) is 29.5 Å². The van der Waals surface area contributed by atoms with Crippen LogP contribution in [0.25, 0.3) is 21.3 Å². The molecule has 0 bridgehead atoms. The molecule has 3 N–H and O–H groups in total. The van der Waals surface area contributed by atoms with Gasteiger partial charge in [-0.1, -0.05) is 0 Å². The van der Waals surface area contributed by atoms with Gasteiger partial charge in [-0.05, 0) is 47.6 Å². The van der Waals surface area contributed by atoms with Crippen LogP contribution < -0.4 is 15.6 Å². The van der Waals surface area contributed by atoms with Crippen LogP contribution in [-0.4, -0.2) is 37.7 Å². The molecule has 38 heavy (non-hydrogen) atoms. The average molecular weight is 545 g/mol. The summed E-state index contributed by atoms with van der Waals surface area (Å²) in [6.07, 6.45) is 4.77. The Labute approximate surface area is 222 Å². The van der Waals surface area contributed by atoms with Gasteiger partial charge in [0.2, 0.25) is 0 Å². The first kappa shape index (κ1) is 27.5. The van der Waals surface area contributed by atoms with E-state index in [2.05, 4.69) is 15.3 Å². The Morgan fingerprint density at radius 1 is 1.21 bits per heavy atom. The van der Waals surface area contributed by atoms with E-state index in [1.165, 1.54) is 23.8 Å². The molecule has 202 valence electrons. The van der Waals surface area contributed by atoms with E-state index in [1.54, 1.807) is 40.2 Å². The van der Waals surface area contributed by atoms with Crippen molar-refractivity contribution in [3.63, 3.8) is 0 Å². The molecule has 0 radical (unpaired) electrons. The number of aryl methyl sites for hydroxylation is 3. The number of hydrogen-bond acceptors (Lipinski definition) is 6. The summed E-state index contributed by atoms with van der Waals surface area (Å²) in [5.41, 5.74) is -0.379. The molecule has 0 aliphatic carbocycles. The van der Waals surface area contributed by atoms with Gasteiger partial charge in [0.15, 0.2) is 0 Å². The van der Waals surface area contributed by atoms with Gasteiger partial charge in [0.25, 0.3) is 11.5 Å². The van der Waals surface area contributed by atoms with Gasteiger partial charge in [-0.25, -0.2) is 0 Å². The molecule has 1 amide bonds. The summed E-state index contributed by atoms with van der Waals surface area (Å²) in [6, 6.07) is 1.53. The normalized spacial score (nSPS) is 12.3. The van der Waals surface area contributed by atoms with Crippen molar-refractivity contribution in [1.82, 2.24) is 19.9 Å². The number of carbonyl (C=O) groups excluding carboxylic acids is 1. The second kappa shape index (κ2) is 9.63. The first-order chi connectivity index (χ1) is 17.7. The van der Waals surface area contributed by atoms with Gasteiger partial charge >= 0.3 is 5.92 Å². The number of halogens is 2. The fourth-order valence-electron chi connectivity index (χ4n) is 4.22. The Hall–Kier alpha value is -3.57. The predicted octanol–water partition coefficient (Wildman–Crippen LogP) is 5.32. The van der Waals surface area contributed by atoms with Crippen LogP contribution >= 0.6 is 11.3 Å². The molecule has 0 atom stereocenters. The van der Waals surface area contributed by atoms with Crippen LogP contribution in [0, 0.1) is 20.8 Å². The van der Waals surface area contributed by atoms with Gasteiger partial charge in [0, 0.05) is 59.8 Å². The molecule has 4 rings (SSSR count). The number of aromatic nitrogens is 3. The third kappa shape index (κ3) is 4.49. The summed E-state index contributed by atoms with van der Waals surface area (Å²) < 4.78 is 38.8. The largest absolute Gasteiger partial charge is 0.455 e. The number of aliphatic hydroxyl groups is 1. The number of alkyl halides is 2. The van der Waals surface area contributed by atoms with E-state index in [0.717, 1.165) is 25.2 Å². The fourth-order valence-corrected chi connectivity index (χ4v) is 5.61. The summed E-state index contributed by atoms with van der Waals surface area (Å²) in [5.74, 6) is -3.36. The van der Waals surface area contributed by atoms with Crippen molar-refractivity contribution in [2.24, 2.45) is 7.05 Å². The number of nitrogens with zero attached hydrogens (tertiary/aromatic N) is 2. The Morgan fingerprint density at radius 3 is 2.42 bits per heavy atom. The number of aromatic amines is 1. The Morgan fingerprint density at radius 2 is 1.84 bits per heavy atom. The van der Waals surface area contributed by atoms with E-state index >= 15 is 8.78 Å². The van der Waals surface area contributed by atoms with Gasteiger partial charge < -0.3 is 24.7 Å². The molecular weight excluding hydrogens is 514 g/mol. The second-order valence-corrected chi connectivity index (χ2v) is 10.9. The van der Waals surface area contributed by atoms with Crippen LogP contribution in [0.5, 0.6) is 11.5 Å². The zero-order chi connectivity index (χ0) is 28.2. The topological polar surface area (TPSA) is 109 Å². The van der Waals surface area contributed by atoms with E-state index < -0.39 is 17.4 Å². The number of carbonyl (C=O) groups is 1. The predicted molar refractivity (Wildman–Crippen MR) is 144 cm³/mol. The van der Waals surface area contributed by atoms with Crippen LogP contribution in [0.2, 0.25) is 0 Å². The van der Waals surface area contributed by atoms with Crippen LogP contribution in [0.4, 0.5) is 8.78 Å². The molecule has 0 aromatic carbocycles. The number of thiophene rings is 1. The highest BCUT2D eigenvalue weighted by Gasteiger charge is 2.50. The van der Waals surface area contributed by atoms with Crippen molar-refractivity contribution in [1.29, 1.82) is 0 Å². The minimum Gasteiger partial charge on any atom is -0.455 e. The standard InChI is InChI=1S/C27H30F2N4O4S/c1-8-31-24(34)18-9-16-17(12-33(7)25(35)19(16)32-18)22-21(37-20-13(2)10-30-11-14(20)3)15(4)23(38-22)27(28,29)26(5,6)36/h9-12,32,36H,8H2,1-7H3,(H,31,34). The molecule has 8 nitrogen and oxygen atoms in total. The molecule has 0 saturated carbocycles. The van der Waals surface area contributed by atoms with E-state index in [9.17, 15) is 14.7 Å². The highest BCUT2D eigenvalue weighted by atomic mass is 32.1. The highest BCUT2D eigenvalue weighted by Crippen LogP contribution is 2.53. The number of ether oxygens (including phenoxy) is 1. The van der Waals surface area contributed by atoms with Crippen molar-refractivity contribution in [3.8, 4) is 21.9 Å². The van der Waals surface area contributed by atoms with E-state index in [1.807, 2.05) is 0 Å². The molecule has 0 fully saturated rings. The lowest BCUT2D eigenvalue weighted by molar-refractivity contribution is -0.166. The van der Waals surface area contributed by atoms with Gasteiger partial charge in [0.1, 0.15) is 28.3 Å². The lowest BCUT2D eigenvalue weighted by Gasteiger charge is -2.28. The average Bonchev–Trinajstić information content (AvgIpc) is 3.41. The molecule has 0 unspecified atom stereocenters. The van der Waals surface area contributed by atoms with E-state index in [0.29, 0.717) is 39.2 Å². The Balaban J connectivity index is 2.06. The second-order valence-electron chi connectivity index (χ2n) is 9.84. The number of fused-ring (bicyclic) bond motifs is 1. The number of hydrogen-bond donors (Lipinski definition) is 3. The third-order valence-electron chi connectivity index (χ3n) is 6.39. The molecule has 0 aliphatic heterocycles. The minimum atomic E-state index is -3.61. The molecule has 4 heterocycles. The van der Waals surface area contributed by atoms with Crippen molar-refractivity contribution < 1.29 is 23.4 Å². The van der Waals surface area contributed by atoms with Gasteiger partial charge in [-0.2, -0.15) is 8.78 Å². The number of H-pyrrole nitrogens is 1. The maximum absolute atomic E-state index is 15.6. The SMILES string of the molecule is CCNC(=O)c1cc2c(-c3sc(C(F)(F)C(C)(C)O)c(C)c3Oc3c(C)cncc3C)cn(C)c(=O)c2[nH]1. The molecule has 11 heteroatoms. The third-order valence-corrected chi connectivity index (χ3v) is 7.77. The zero-order valence-corrected chi connectivity index (χ0v) is 23.1. The van der Waals surface area contributed by atoms with Gasteiger partial charge in [-0.15, -0.1) is 11.3 Å². The highest BCUT2D eigenvalue weighted by molar-refractivity contribution is 7.16. The Bertz CT molecular complexity index is 1590. The minimum absolute atomic E-state index is 0.161. The van der Waals surface area contributed by atoms with Crippen molar-refractivity contribution in [3.05, 3.63) is 62.3 Å². The zero-order valence-electron chi connectivity index (χ0n) is 22.2. The molecule has 0 aliphatic rings. The van der Waals surface area contributed by atoms with Crippen molar-refractivity contribution >= 4 is 28.1 Å². The van der Waals surface area contributed by atoms with Crippen molar-refractivity contribution in [2.75, 3.05) is 6.54 Å². The van der Waals surface area contributed by atoms with E-state index in [-0.39, 0.29) is 33.0 Å². The fraction of sp³-hybridized carbons (Fsp3) is 0.370. The number of pyridine rings is 2. The van der Waals surface area contributed by atoms with E-state index in [4.69, 9.17) is 4.74 Å². The maximum Gasteiger partial charge on any atom is 0.310 e. The van der Waals surface area contributed by atoms with Crippen LogP contribution in [0.3, 0.4) is 0 Å². The molecular formula is C27H30F2N4O4S. The molecule has 4 aromatic heterocycles. The van der Waals surface area contributed by atoms with Gasteiger partial charge in [0.05, 0.1) is 9.75 Å². The lowest BCUT2D eigenvalue weighted by Crippen LogP contribution is -2.40. The van der Waals surface area contributed by atoms with Crippen LogP contribution in [-0.2, 0) is 13.0 Å². The molecule has 4 aromatic rings. The summed E-state index contributed by atoms with van der Waals surface area (Å²) in [5, 5.41) is 13.4. The first-order valence-corrected chi connectivity index (χ1v) is 12.8. The summed E-state index contributed by atoms with van der Waals surface area (Å²) in [7, 11) is 1.54. The monoisotopic (exact) mass is 544 g/mol. The summed E-state index contributed by atoms with van der Waals surface area (Å²) >= 11 is 0.781. The maximum atomic E-state index is 15.6. The molecule has 0 saturated heterocycles. The molecule has 0 spiro atoms. The Kier molecular flexibility index (Phi) is 6.96. The quantitative estimate of drug-likeness (QED) is 0.292. The summed E-state index contributed by atoms with van der Waals surface area (Å²) in [6.45, 7) is 9.40. The summed E-state index contributed by atoms with van der Waals surface area (Å²) in [4.78, 5) is 32.5. The smallest absolute Gasteiger partial charge is 0.310 e. The number of rotatable bonds is 7. The van der Waals surface area contributed by atoms with Gasteiger partial charge in [-0.3, -0.25) is 14.6 Å². The lowest BCUT2D eigenvalue weighted by atomic mass is 9.96. The number of nitrogens with one attached hydrogen (secondary N) is 2. The van der Waals surface area contributed by atoms with Crippen molar-refractivity contribution in [2.45, 2.75) is 53.1 Å². The first-order valence-electron chi connectivity index (χ1n) is 12.0.